The Bertz CT molecular complexity index is 261. The van der Waals surface area contributed by atoms with Gasteiger partial charge in [0.25, 0.3) is 0 Å². The van der Waals surface area contributed by atoms with Crippen molar-refractivity contribution < 1.29 is 0 Å². The summed E-state index contributed by atoms with van der Waals surface area (Å²) in [6.07, 6.45) is 6.46. The highest BCUT2D eigenvalue weighted by atomic mass is 15.1. The molecule has 1 saturated heterocycles. The molecule has 0 amide bonds. The Hall–Kier alpha value is -0.830. The second-order valence-electron chi connectivity index (χ2n) is 3.60. The molecular formula is C10H17N3. The minimum Gasteiger partial charge on any atom is -0.335 e. The van der Waals surface area contributed by atoms with Crippen molar-refractivity contribution >= 4 is 0 Å². The van der Waals surface area contributed by atoms with Crippen LogP contribution < -0.4 is 5.32 Å². The van der Waals surface area contributed by atoms with E-state index in [-0.39, 0.29) is 0 Å². The summed E-state index contributed by atoms with van der Waals surface area (Å²) in [6, 6.07) is 0. The molecule has 0 spiro atoms. The molecule has 3 heteroatoms. The van der Waals surface area contributed by atoms with Crippen molar-refractivity contribution in [2.45, 2.75) is 32.2 Å². The second-order valence-corrected chi connectivity index (χ2v) is 3.60. The lowest BCUT2D eigenvalue weighted by Crippen LogP contribution is -2.28. The summed E-state index contributed by atoms with van der Waals surface area (Å²) < 4.78 is 2.26. The average Bonchev–Trinajstić information content (AvgIpc) is 2.67. The third kappa shape index (κ3) is 1.75. The molecule has 0 bridgehead atoms. The van der Waals surface area contributed by atoms with Crippen molar-refractivity contribution in [3.8, 4) is 0 Å². The molecule has 1 aliphatic rings. The van der Waals surface area contributed by atoms with E-state index in [0.717, 1.165) is 19.6 Å². The fraction of sp³-hybridized carbons (Fsp3) is 0.700. The Morgan fingerprint density at radius 2 is 2.31 bits per heavy atom. The summed E-state index contributed by atoms with van der Waals surface area (Å²) >= 11 is 0. The molecule has 1 fully saturated rings. The van der Waals surface area contributed by atoms with E-state index in [1.807, 2.05) is 6.20 Å². The summed E-state index contributed by atoms with van der Waals surface area (Å²) in [7, 11) is 0. The van der Waals surface area contributed by atoms with Crippen LogP contribution in [0, 0.1) is 0 Å². The van der Waals surface area contributed by atoms with E-state index in [2.05, 4.69) is 28.0 Å². The summed E-state index contributed by atoms with van der Waals surface area (Å²) in [4.78, 5) is 4.45. The zero-order valence-corrected chi connectivity index (χ0v) is 8.16. The number of aryl methyl sites for hydroxylation is 1. The van der Waals surface area contributed by atoms with E-state index >= 15 is 0 Å². The van der Waals surface area contributed by atoms with Crippen LogP contribution in [0.5, 0.6) is 0 Å². The lowest BCUT2D eigenvalue weighted by Gasteiger charge is -2.22. The number of aromatic nitrogens is 2. The van der Waals surface area contributed by atoms with Gasteiger partial charge < -0.3 is 9.88 Å². The molecule has 0 saturated carbocycles. The van der Waals surface area contributed by atoms with Crippen LogP contribution in [-0.4, -0.2) is 22.6 Å². The van der Waals surface area contributed by atoms with Crippen molar-refractivity contribution in [1.82, 2.24) is 14.9 Å². The van der Waals surface area contributed by atoms with Gasteiger partial charge in [0.1, 0.15) is 5.82 Å². The quantitative estimate of drug-likeness (QED) is 0.743. The maximum absolute atomic E-state index is 4.45. The summed E-state index contributed by atoms with van der Waals surface area (Å²) in [6.45, 7) is 5.49. The van der Waals surface area contributed by atoms with Gasteiger partial charge in [0.05, 0.1) is 0 Å². The van der Waals surface area contributed by atoms with Crippen LogP contribution in [0.4, 0.5) is 0 Å². The van der Waals surface area contributed by atoms with Crippen molar-refractivity contribution in [3.05, 3.63) is 18.2 Å². The van der Waals surface area contributed by atoms with Gasteiger partial charge in [0.2, 0.25) is 0 Å². The Morgan fingerprint density at radius 1 is 1.54 bits per heavy atom. The average molecular weight is 179 g/mol. The first-order chi connectivity index (χ1) is 6.42. The van der Waals surface area contributed by atoms with Crippen LogP contribution in [0.15, 0.2) is 12.4 Å². The van der Waals surface area contributed by atoms with Gasteiger partial charge >= 0.3 is 0 Å². The molecule has 0 unspecified atom stereocenters. The van der Waals surface area contributed by atoms with Crippen molar-refractivity contribution in [1.29, 1.82) is 0 Å². The topological polar surface area (TPSA) is 29.9 Å². The van der Waals surface area contributed by atoms with Crippen molar-refractivity contribution in [2.75, 3.05) is 13.1 Å². The predicted molar refractivity (Wildman–Crippen MR) is 52.7 cm³/mol. The Kier molecular flexibility index (Phi) is 2.64. The highest BCUT2D eigenvalue weighted by Crippen LogP contribution is 2.23. The Morgan fingerprint density at radius 3 is 3.00 bits per heavy atom. The first-order valence-electron chi connectivity index (χ1n) is 5.13. The first kappa shape index (κ1) is 8.75. The summed E-state index contributed by atoms with van der Waals surface area (Å²) in [5.41, 5.74) is 0. The van der Waals surface area contributed by atoms with Gasteiger partial charge in [-0.2, -0.15) is 0 Å². The maximum atomic E-state index is 4.45. The van der Waals surface area contributed by atoms with E-state index in [9.17, 15) is 0 Å². The molecule has 1 aliphatic heterocycles. The van der Waals surface area contributed by atoms with Gasteiger partial charge in [-0.25, -0.2) is 4.98 Å². The fourth-order valence-electron chi connectivity index (χ4n) is 2.03. The fourth-order valence-corrected chi connectivity index (χ4v) is 2.03. The van der Waals surface area contributed by atoms with Gasteiger partial charge in [-0.15, -0.1) is 0 Å². The highest BCUT2D eigenvalue weighted by molar-refractivity contribution is 5.02. The van der Waals surface area contributed by atoms with Gasteiger partial charge in [-0.05, 0) is 32.9 Å². The number of piperidine rings is 1. The van der Waals surface area contributed by atoms with Gasteiger partial charge in [0, 0.05) is 24.9 Å². The number of nitrogens with one attached hydrogen (secondary N) is 1. The molecule has 2 heterocycles. The molecule has 1 aromatic heterocycles. The first-order valence-corrected chi connectivity index (χ1v) is 5.13. The smallest absolute Gasteiger partial charge is 0.111 e. The van der Waals surface area contributed by atoms with E-state index in [4.69, 9.17) is 0 Å². The number of nitrogens with zero attached hydrogens (tertiary/aromatic N) is 2. The highest BCUT2D eigenvalue weighted by Gasteiger charge is 2.18. The lowest BCUT2D eigenvalue weighted by atomic mass is 9.97. The number of hydrogen-bond acceptors (Lipinski definition) is 2. The number of hydrogen-bond donors (Lipinski definition) is 1. The van der Waals surface area contributed by atoms with E-state index in [0.29, 0.717) is 5.92 Å². The lowest BCUT2D eigenvalue weighted by molar-refractivity contribution is 0.432. The summed E-state index contributed by atoms with van der Waals surface area (Å²) in [5.74, 6) is 1.96. The van der Waals surface area contributed by atoms with Crippen LogP contribution in [0.1, 0.15) is 31.5 Å². The molecule has 3 nitrogen and oxygen atoms in total. The van der Waals surface area contributed by atoms with Crippen LogP contribution in [-0.2, 0) is 6.54 Å². The van der Waals surface area contributed by atoms with Gasteiger partial charge in [0.15, 0.2) is 0 Å². The third-order valence-electron chi connectivity index (χ3n) is 2.79. The second kappa shape index (κ2) is 3.92. The van der Waals surface area contributed by atoms with Crippen molar-refractivity contribution in [3.63, 3.8) is 0 Å². The van der Waals surface area contributed by atoms with E-state index in [1.165, 1.54) is 18.7 Å². The molecule has 1 N–H and O–H groups in total. The minimum atomic E-state index is 0.677. The van der Waals surface area contributed by atoms with E-state index < -0.39 is 0 Å². The molecule has 0 atom stereocenters. The molecule has 72 valence electrons. The van der Waals surface area contributed by atoms with Crippen molar-refractivity contribution in [2.24, 2.45) is 0 Å². The number of rotatable bonds is 2. The number of imidazole rings is 1. The molecule has 13 heavy (non-hydrogen) atoms. The van der Waals surface area contributed by atoms with Crippen LogP contribution in [0.2, 0.25) is 0 Å². The Labute approximate surface area is 79.2 Å². The molecule has 0 aliphatic carbocycles. The maximum Gasteiger partial charge on any atom is 0.111 e. The predicted octanol–water partition coefficient (Wildman–Crippen LogP) is 1.37. The molecule has 2 rings (SSSR count). The van der Waals surface area contributed by atoms with Crippen LogP contribution >= 0.6 is 0 Å². The largest absolute Gasteiger partial charge is 0.335 e. The van der Waals surface area contributed by atoms with Gasteiger partial charge in [-0.1, -0.05) is 0 Å². The van der Waals surface area contributed by atoms with E-state index in [1.54, 1.807) is 0 Å². The molecular weight excluding hydrogens is 162 g/mol. The standard InChI is InChI=1S/C10H17N3/c1-2-13-8-7-12-10(13)9-3-5-11-6-4-9/h7-9,11H,2-6H2,1H3. The molecule has 0 radical (unpaired) electrons. The normalized spacial score (nSPS) is 19.2. The SMILES string of the molecule is CCn1ccnc1C1CCNCC1. The summed E-state index contributed by atoms with van der Waals surface area (Å²) in [5, 5.41) is 3.38. The van der Waals surface area contributed by atoms with Gasteiger partial charge in [-0.3, -0.25) is 0 Å². The van der Waals surface area contributed by atoms with Crippen LogP contribution in [0.25, 0.3) is 0 Å². The molecule has 1 aromatic rings. The van der Waals surface area contributed by atoms with Crippen LogP contribution in [0.3, 0.4) is 0 Å². The Balaban J connectivity index is 2.13. The minimum absolute atomic E-state index is 0.677. The monoisotopic (exact) mass is 179 g/mol. The zero-order valence-electron chi connectivity index (χ0n) is 8.16. The zero-order chi connectivity index (χ0) is 9.10. The third-order valence-corrected chi connectivity index (χ3v) is 2.79. The molecule has 0 aromatic carbocycles.